The number of methoxy groups -OCH3 is 1. The Hall–Kier alpha value is -3.71. The molecule has 4 aromatic rings. The number of hydrogen-bond acceptors (Lipinski definition) is 5. The minimum Gasteiger partial charge on any atom is -0.497 e. The Balaban J connectivity index is 1.41. The molecule has 7 heteroatoms. The molecular formula is C26H26FN5O. The third-order valence-electron chi connectivity index (χ3n) is 6.04. The Bertz CT molecular complexity index is 1200. The van der Waals surface area contributed by atoms with Crippen LogP contribution in [0.2, 0.25) is 0 Å². The van der Waals surface area contributed by atoms with Gasteiger partial charge in [0.05, 0.1) is 12.8 Å². The van der Waals surface area contributed by atoms with Gasteiger partial charge in [0.15, 0.2) is 0 Å². The lowest BCUT2D eigenvalue weighted by Crippen LogP contribution is -2.46. The minimum atomic E-state index is -0.337. The molecule has 1 aliphatic rings. The summed E-state index contributed by atoms with van der Waals surface area (Å²) in [4.78, 5) is 8.88. The second kappa shape index (κ2) is 9.42. The SMILES string of the molecule is COc1ccc(-c2nn(-c3ccccc3)cc2CN2CCN(c3ccncc3)CC2)c(F)c1. The monoisotopic (exact) mass is 443 g/mol. The average molecular weight is 444 g/mol. The maximum Gasteiger partial charge on any atom is 0.136 e. The highest BCUT2D eigenvalue weighted by Gasteiger charge is 2.22. The number of rotatable bonds is 6. The zero-order chi connectivity index (χ0) is 22.6. The number of piperazine rings is 1. The van der Waals surface area contributed by atoms with E-state index in [1.807, 2.05) is 65.7 Å². The van der Waals surface area contributed by atoms with Crippen LogP contribution in [0, 0.1) is 5.82 Å². The quantitative estimate of drug-likeness (QED) is 0.442. The van der Waals surface area contributed by atoms with E-state index in [1.165, 1.54) is 18.9 Å². The van der Waals surface area contributed by atoms with Crippen LogP contribution in [0.1, 0.15) is 5.56 Å². The van der Waals surface area contributed by atoms with E-state index in [-0.39, 0.29) is 5.82 Å². The highest BCUT2D eigenvalue weighted by Crippen LogP contribution is 2.30. The van der Waals surface area contributed by atoms with Gasteiger partial charge in [-0.25, -0.2) is 9.07 Å². The van der Waals surface area contributed by atoms with E-state index in [1.54, 1.807) is 12.1 Å². The highest BCUT2D eigenvalue weighted by molar-refractivity contribution is 5.65. The second-order valence-corrected chi connectivity index (χ2v) is 8.10. The van der Waals surface area contributed by atoms with Crippen LogP contribution in [-0.2, 0) is 6.54 Å². The first-order valence-corrected chi connectivity index (χ1v) is 11.1. The molecule has 0 N–H and O–H groups in total. The van der Waals surface area contributed by atoms with Gasteiger partial charge in [0.2, 0.25) is 0 Å². The fourth-order valence-electron chi connectivity index (χ4n) is 4.24. The first-order chi connectivity index (χ1) is 16.2. The van der Waals surface area contributed by atoms with Gasteiger partial charge in [0, 0.05) is 74.2 Å². The molecule has 0 saturated carbocycles. The van der Waals surface area contributed by atoms with Crippen LogP contribution in [-0.4, -0.2) is 53.0 Å². The molecule has 1 aliphatic heterocycles. The molecule has 1 saturated heterocycles. The van der Waals surface area contributed by atoms with Gasteiger partial charge in [-0.15, -0.1) is 0 Å². The van der Waals surface area contributed by atoms with Crippen molar-refractivity contribution in [2.75, 3.05) is 38.2 Å². The Morgan fingerprint density at radius 2 is 1.67 bits per heavy atom. The molecule has 3 heterocycles. The second-order valence-electron chi connectivity index (χ2n) is 8.10. The summed E-state index contributed by atoms with van der Waals surface area (Å²) >= 11 is 0. The van der Waals surface area contributed by atoms with Gasteiger partial charge in [-0.3, -0.25) is 9.88 Å². The molecule has 2 aromatic heterocycles. The summed E-state index contributed by atoms with van der Waals surface area (Å²) in [6.07, 6.45) is 5.67. The predicted molar refractivity (Wildman–Crippen MR) is 127 cm³/mol. The summed E-state index contributed by atoms with van der Waals surface area (Å²) in [5.41, 5.74) is 4.29. The van der Waals surface area contributed by atoms with Crippen LogP contribution in [0.5, 0.6) is 5.75 Å². The molecule has 0 radical (unpaired) electrons. The third kappa shape index (κ3) is 4.59. The number of pyridine rings is 1. The van der Waals surface area contributed by atoms with Crippen LogP contribution < -0.4 is 9.64 Å². The van der Waals surface area contributed by atoms with E-state index < -0.39 is 0 Å². The Morgan fingerprint density at radius 1 is 0.909 bits per heavy atom. The summed E-state index contributed by atoms with van der Waals surface area (Å²) in [5, 5.41) is 4.79. The maximum absolute atomic E-state index is 15.0. The highest BCUT2D eigenvalue weighted by atomic mass is 19.1. The van der Waals surface area contributed by atoms with E-state index in [0.717, 1.165) is 37.4 Å². The van der Waals surface area contributed by atoms with Gasteiger partial charge >= 0.3 is 0 Å². The van der Waals surface area contributed by atoms with Crippen molar-refractivity contribution in [2.45, 2.75) is 6.54 Å². The first-order valence-electron chi connectivity index (χ1n) is 11.1. The van der Waals surface area contributed by atoms with Crippen LogP contribution in [0.15, 0.2) is 79.3 Å². The predicted octanol–water partition coefficient (Wildman–Crippen LogP) is 4.40. The van der Waals surface area contributed by atoms with E-state index in [0.29, 0.717) is 23.6 Å². The Labute approximate surface area is 192 Å². The summed E-state index contributed by atoms with van der Waals surface area (Å²) < 4.78 is 22.0. The van der Waals surface area contributed by atoms with Gasteiger partial charge in [0.1, 0.15) is 17.3 Å². The number of nitrogens with zero attached hydrogens (tertiary/aromatic N) is 5. The van der Waals surface area contributed by atoms with Crippen molar-refractivity contribution in [1.82, 2.24) is 19.7 Å². The number of halogens is 1. The van der Waals surface area contributed by atoms with Crippen molar-refractivity contribution in [1.29, 1.82) is 0 Å². The molecule has 0 unspecified atom stereocenters. The third-order valence-corrected chi connectivity index (χ3v) is 6.04. The van der Waals surface area contributed by atoms with Gasteiger partial charge in [0.25, 0.3) is 0 Å². The fraction of sp³-hybridized carbons (Fsp3) is 0.231. The number of anilines is 1. The molecule has 6 nitrogen and oxygen atoms in total. The number of ether oxygens (including phenoxy) is 1. The molecule has 5 rings (SSSR count). The van der Waals surface area contributed by atoms with Crippen LogP contribution in [0.4, 0.5) is 10.1 Å². The zero-order valence-electron chi connectivity index (χ0n) is 18.6. The molecule has 168 valence electrons. The zero-order valence-corrected chi connectivity index (χ0v) is 18.6. The molecule has 0 bridgehead atoms. The van der Waals surface area contributed by atoms with Crippen molar-refractivity contribution in [3.63, 3.8) is 0 Å². The number of hydrogen-bond donors (Lipinski definition) is 0. The average Bonchev–Trinajstić information content (AvgIpc) is 3.29. The Morgan fingerprint density at radius 3 is 2.36 bits per heavy atom. The summed E-state index contributed by atoms with van der Waals surface area (Å²) in [7, 11) is 1.54. The molecule has 0 spiro atoms. The summed E-state index contributed by atoms with van der Waals surface area (Å²) in [6, 6.07) is 18.9. The number of benzene rings is 2. The van der Waals surface area contributed by atoms with Crippen molar-refractivity contribution >= 4 is 5.69 Å². The van der Waals surface area contributed by atoms with E-state index in [9.17, 15) is 4.39 Å². The molecule has 2 aromatic carbocycles. The molecular weight excluding hydrogens is 417 g/mol. The standard InChI is InChI=1S/C26H26FN5O/c1-33-23-7-8-24(25(27)17-23)26-20(19-32(29-26)22-5-3-2-4-6-22)18-30-13-15-31(16-14-30)21-9-11-28-12-10-21/h2-12,17,19H,13-16,18H2,1H3. The molecule has 33 heavy (non-hydrogen) atoms. The summed E-state index contributed by atoms with van der Waals surface area (Å²) in [6.45, 7) is 4.41. The van der Waals surface area contributed by atoms with Crippen molar-refractivity contribution < 1.29 is 9.13 Å². The largest absolute Gasteiger partial charge is 0.497 e. The van der Waals surface area contributed by atoms with Crippen molar-refractivity contribution in [2.24, 2.45) is 0 Å². The van der Waals surface area contributed by atoms with E-state index >= 15 is 0 Å². The first kappa shape index (κ1) is 21.2. The number of para-hydroxylation sites is 1. The lowest BCUT2D eigenvalue weighted by Gasteiger charge is -2.36. The molecule has 0 amide bonds. The maximum atomic E-state index is 15.0. The van der Waals surface area contributed by atoms with E-state index in [2.05, 4.69) is 14.8 Å². The lowest BCUT2D eigenvalue weighted by atomic mass is 10.1. The minimum absolute atomic E-state index is 0.337. The van der Waals surface area contributed by atoms with Crippen molar-refractivity contribution in [3.05, 3.63) is 90.6 Å². The lowest BCUT2D eigenvalue weighted by molar-refractivity contribution is 0.250. The van der Waals surface area contributed by atoms with Gasteiger partial charge < -0.3 is 9.64 Å². The smallest absolute Gasteiger partial charge is 0.136 e. The van der Waals surface area contributed by atoms with Crippen LogP contribution in [0.25, 0.3) is 16.9 Å². The normalized spacial score (nSPS) is 14.4. The number of aromatic nitrogens is 3. The van der Waals surface area contributed by atoms with Crippen LogP contribution >= 0.6 is 0 Å². The Kier molecular flexibility index (Phi) is 6.04. The molecule has 0 aliphatic carbocycles. The summed E-state index contributed by atoms with van der Waals surface area (Å²) in [5.74, 6) is 0.156. The molecule has 1 fully saturated rings. The van der Waals surface area contributed by atoms with Crippen LogP contribution in [0.3, 0.4) is 0 Å². The van der Waals surface area contributed by atoms with E-state index in [4.69, 9.17) is 9.84 Å². The topological polar surface area (TPSA) is 46.4 Å². The molecule has 0 atom stereocenters. The van der Waals surface area contributed by atoms with Gasteiger partial charge in [-0.2, -0.15) is 5.10 Å². The fourth-order valence-corrected chi connectivity index (χ4v) is 4.24. The van der Waals surface area contributed by atoms with Gasteiger partial charge in [-0.1, -0.05) is 18.2 Å². The van der Waals surface area contributed by atoms with Gasteiger partial charge in [-0.05, 0) is 36.4 Å². The van der Waals surface area contributed by atoms with Crippen molar-refractivity contribution in [3.8, 4) is 22.7 Å².